The Kier molecular flexibility index (Phi) is 4.81. The molecule has 0 unspecified atom stereocenters. The van der Waals surface area contributed by atoms with E-state index in [9.17, 15) is 0 Å². The summed E-state index contributed by atoms with van der Waals surface area (Å²) in [6, 6.07) is 9.40. The Bertz CT molecular complexity index is 630. The highest BCUT2D eigenvalue weighted by Gasteiger charge is 2.07. The average Bonchev–Trinajstić information content (AvgIpc) is 2.38. The van der Waals surface area contributed by atoms with Crippen LogP contribution in [0.15, 0.2) is 34.9 Å². The zero-order valence-electron chi connectivity index (χ0n) is 9.83. The molecule has 0 aliphatic heterocycles. The summed E-state index contributed by atoms with van der Waals surface area (Å²) >= 11 is 15.6. The van der Waals surface area contributed by atoms with Gasteiger partial charge in [0.1, 0.15) is 6.07 Å². The standard InChI is InChI=1S/C14H9BrCl2N2/c15-11-6-9(8-19-14(11)7-18)4-5-10-12(16)2-1-3-13(10)17/h1-3,6,8H,4-5H2. The molecule has 2 nitrogen and oxygen atoms in total. The van der Waals surface area contributed by atoms with E-state index in [0.29, 0.717) is 20.2 Å². The van der Waals surface area contributed by atoms with Crippen molar-refractivity contribution in [3.8, 4) is 6.07 Å². The summed E-state index contributed by atoms with van der Waals surface area (Å²) in [5, 5.41) is 10.2. The summed E-state index contributed by atoms with van der Waals surface area (Å²) in [5.41, 5.74) is 2.35. The van der Waals surface area contributed by atoms with Crippen LogP contribution in [0.2, 0.25) is 10.0 Å². The van der Waals surface area contributed by atoms with E-state index in [1.165, 1.54) is 0 Å². The maximum absolute atomic E-state index is 8.81. The molecule has 0 atom stereocenters. The molecule has 0 fully saturated rings. The number of aromatic nitrogens is 1. The van der Waals surface area contributed by atoms with Gasteiger partial charge in [-0.15, -0.1) is 0 Å². The van der Waals surface area contributed by atoms with E-state index < -0.39 is 0 Å². The zero-order valence-corrected chi connectivity index (χ0v) is 12.9. The van der Waals surface area contributed by atoms with Crippen LogP contribution in [0.4, 0.5) is 0 Å². The van der Waals surface area contributed by atoms with Gasteiger partial charge in [0.05, 0.1) is 4.47 Å². The minimum absolute atomic E-state index is 0.388. The lowest BCUT2D eigenvalue weighted by atomic mass is 10.1. The van der Waals surface area contributed by atoms with Crippen LogP contribution in [-0.2, 0) is 12.8 Å². The molecule has 2 aromatic rings. The molecule has 1 aromatic heterocycles. The quantitative estimate of drug-likeness (QED) is 0.792. The van der Waals surface area contributed by atoms with Gasteiger partial charge in [0.15, 0.2) is 5.69 Å². The Morgan fingerprint density at radius 2 is 1.89 bits per heavy atom. The SMILES string of the molecule is N#Cc1ncc(CCc2c(Cl)cccc2Cl)cc1Br. The molecule has 1 aromatic carbocycles. The van der Waals surface area contributed by atoms with Gasteiger partial charge in [-0.1, -0.05) is 29.3 Å². The highest BCUT2D eigenvalue weighted by molar-refractivity contribution is 9.10. The van der Waals surface area contributed by atoms with Gasteiger partial charge in [0, 0.05) is 16.2 Å². The number of nitrogens with zero attached hydrogens (tertiary/aromatic N) is 2. The first-order valence-corrected chi connectivity index (χ1v) is 7.14. The fourth-order valence-corrected chi connectivity index (χ4v) is 2.81. The minimum Gasteiger partial charge on any atom is -0.244 e. The van der Waals surface area contributed by atoms with Crippen LogP contribution >= 0.6 is 39.1 Å². The van der Waals surface area contributed by atoms with Crippen molar-refractivity contribution in [2.45, 2.75) is 12.8 Å². The van der Waals surface area contributed by atoms with E-state index >= 15 is 0 Å². The van der Waals surface area contributed by atoms with Crippen LogP contribution < -0.4 is 0 Å². The third-order valence-corrected chi connectivity index (χ3v) is 4.04. The summed E-state index contributed by atoms with van der Waals surface area (Å²) < 4.78 is 0.706. The number of nitriles is 1. The third-order valence-electron chi connectivity index (χ3n) is 2.73. The topological polar surface area (TPSA) is 36.7 Å². The number of rotatable bonds is 3. The van der Waals surface area contributed by atoms with Gasteiger partial charge in [-0.3, -0.25) is 0 Å². The minimum atomic E-state index is 0.388. The van der Waals surface area contributed by atoms with E-state index in [2.05, 4.69) is 20.9 Å². The molecule has 0 saturated carbocycles. The molecule has 0 aliphatic rings. The number of halogens is 3. The van der Waals surface area contributed by atoms with E-state index in [0.717, 1.165) is 24.0 Å². The lowest BCUT2D eigenvalue weighted by Gasteiger charge is -2.07. The van der Waals surface area contributed by atoms with Crippen molar-refractivity contribution in [2.75, 3.05) is 0 Å². The Balaban J connectivity index is 2.15. The number of aryl methyl sites for hydroxylation is 1. The van der Waals surface area contributed by atoms with E-state index in [4.69, 9.17) is 28.5 Å². The Labute approximate surface area is 130 Å². The van der Waals surface area contributed by atoms with E-state index in [1.807, 2.05) is 30.3 Å². The molecule has 0 aliphatic carbocycles. The highest BCUT2D eigenvalue weighted by Crippen LogP contribution is 2.26. The smallest absolute Gasteiger partial charge is 0.154 e. The maximum Gasteiger partial charge on any atom is 0.154 e. The van der Waals surface area contributed by atoms with Crippen LogP contribution in [0.3, 0.4) is 0 Å². The number of hydrogen-bond acceptors (Lipinski definition) is 2. The molecule has 0 N–H and O–H groups in total. The van der Waals surface area contributed by atoms with Crippen molar-refractivity contribution in [2.24, 2.45) is 0 Å². The van der Waals surface area contributed by atoms with Gasteiger partial charge < -0.3 is 0 Å². The Hall–Kier alpha value is -1.08. The predicted octanol–water partition coefficient (Wildman–Crippen LogP) is 4.81. The second-order valence-electron chi connectivity index (χ2n) is 3.99. The van der Waals surface area contributed by atoms with Crippen LogP contribution in [0.25, 0.3) is 0 Å². The molecule has 1 heterocycles. The number of benzene rings is 1. The van der Waals surface area contributed by atoms with Crippen LogP contribution in [0, 0.1) is 11.3 Å². The second kappa shape index (κ2) is 6.38. The average molecular weight is 356 g/mol. The molecule has 0 radical (unpaired) electrons. The molecular weight excluding hydrogens is 347 g/mol. The maximum atomic E-state index is 8.81. The van der Waals surface area contributed by atoms with Crippen LogP contribution in [0.1, 0.15) is 16.8 Å². The lowest BCUT2D eigenvalue weighted by molar-refractivity contribution is 0.946. The van der Waals surface area contributed by atoms with Crippen LogP contribution in [0.5, 0.6) is 0 Å². The molecule has 96 valence electrons. The van der Waals surface area contributed by atoms with Crippen molar-refractivity contribution < 1.29 is 0 Å². The first kappa shape index (κ1) is 14.3. The second-order valence-corrected chi connectivity index (χ2v) is 5.65. The van der Waals surface area contributed by atoms with Gasteiger partial charge in [0.2, 0.25) is 0 Å². The van der Waals surface area contributed by atoms with Gasteiger partial charge in [-0.25, -0.2) is 4.98 Å². The predicted molar refractivity (Wildman–Crippen MR) is 80.5 cm³/mol. The number of pyridine rings is 1. The van der Waals surface area contributed by atoms with Crippen molar-refractivity contribution in [3.05, 3.63) is 61.8 Å². The van der Waals surface area contributed by atoms with Crippen molar-refractivity contribution in [1.82, 2.24) is 4.98 Å². The van der Waals surface area contributed by atoms with Crippen molar-refractivity contribution in [3.63, 3.8) is 0 Å². The van der Waals surface area contributed by atoms with Gasteiger partial charge in [0.25, 0.3) is 0 Å². The molecule has 0 amide bonds. The third kappa shape index (κ3) is 3.48. The van der Waals surface area contributed by atoms with E-state index in [1.54, 1.807) is 6.20 Å². The van der Waals surface area contributed by atoms with Crippen LogP contribution in [-0.4, -0.2) is 4.98 Å². The number of hydrogen-bond donors (Lipinski definition) is 0. The fraction of sp³-hybridized carbons (Fsp3) is 0.143. The van der Waals surface area contributed by atoms with Gasteiger partial charge >= 0.3 is 0 Å². The first-order valence-electron chi connectivity index (χ1n) is 5.59. The largest absolute Gasteiger partial charge is 0.244 e. The molecule has 2 rings (SSSR count). The Morgan fingerprint density at radius 1 is 1.21 bits per heavy atom. The van der Waals surface area contributed by atoms with Crippen molar-refractivity contribution >= 4 is 39.1 Å². The zero-order chi connectivity index (χ0) is 13.8. The van der Waals surface area contributed by atoms with E-state index in [-0.39, 0.29) is 0 Å². The highest BCUT2D eigenvalue weighted by atomic mass is 79.9. The first-order chi connectivity index (χ1) is 9.11. The monoisotopic (exact) mass is 354 g/mol. The van der Waals surface area contributed by atoms with Gasteiger partial charge in [-0.05, 0) is 58.1 Å². The normalized spacial score (nSPS) is 10.2. The molecule has 0 bridgehead atoms. The summed E-state index contributed by atoms with van der Waals surface area (Å²) in [7, 11) is 0. The van der Waals surface area contributed by atoms with Gasteiger partial charge in [-0.2, -0.15) is 5.26 Å². The molecule has 0 saturated heterocycles. The summed E-state index contributed by atoms with van der Waals surface area (Å²) in [6.07, 6.45) is 3.20. The lowest BCUT2D eigenvalue weighted by Crippen LogP contribution is -1.96. The molecular formula is C14H9BrCl2N2. The summed E-state index contributed by atoms with van der Waals surface area (Å²) in [4.78, 5) is 4.08. The summed E-state index contributed by atoms with van der Waals surface area (Å²) in [5.74, 6) is 0. The molecule has 5 heteroatoms. The Morgan fingerprint density at radius 3 is 2.47 bits per heavy atom. The summed E-state index contributed by atoms with van der Waals surface area (Å²) in [6.45, 7) is 0. The molecule has 0 spiro atoms. The molecule has 19 heavy (non-hydrogen) atoms. The van der Waals surface area contributed by atoms with Crippen molar-refractivity contribution in [1.29, 1.82) is 5.26 Å². The fourth-order valence-electron chi connectivity index (χ4n) is 1.74.